The van der Waals surface area contributed by atoms with Crippen LogP contribution in [0.25, 0.3) is 0 Å². The lowest BCUT2D eigenvalue weighted by Gasteiger charge is -2.32. The van der Waals surface area contributed by atoms with Crippen molar-refractivity contribution in [1.82, 2.24) is 14.5 Å². The highest BCUT2D eigenvalue weighted by atomic mass is 16.5. The van der Waals surface area contributed by atoms with Gasteiger partial charge in [-0.05, 0) is 52.0 Å². The molecule has 1 unspecified atom stereocenters. The van der Waals surface area contributed by atoms with Gasteiger partial charge in [0, 0.05) is 24.5 Å². The predicted molar refractivity (Wildman–Crippen MR) is 97.8 cm³/mol. The van der Waals surface area contributed by atoms with Crippen LogP contribution in [0.4, 0.5) is 5.69 Å². The van der Waals surface area contributed by atoms with E-state index in [-0.39, 0.29) is 11.9 Å². The maximum Gasteiger partial charge on any atom is 0.241 e. The van der Waals surface area contributed by atoms with Crippen molar-refractivity contribution in [2.75, 3.05) is 18.5 Å². The first-order valence-corrected chi connectivity index (χ1v) is 8.80. The first-order chi connectivity index (χ1) is 12.0. The Morgan fingerprint density at radius 3 is 2.68 bits per heavy atom. The van der Waals surface area contributed by atoms with Crippen LogP contribution in [0.15, 0.2) is 24.3 Å². The standard InChI is InChI=1S/C19H26N4O2/c1-5-25-17-8-6-16(7-9-17)21-19(24)15(4)22-10-11-23-14(3)13(2)20-18(23)12-22/h6-9,15H,5,10-12H2,1-4H3,(H,21,24). The summed E-state index contributed by atoms with van der Waals surface area (Å²) in [5.41, 5.74) is 3.08. The summed E-state index contributed by atoms with van der Waals surface area (Å²) in [7, 11) is 0. The number of hydrogen-bond donors (Lipinski definition) is 1. The number of rotatable bonds is 5. The van der Waals surface area contributed by atoms with Gasteiger partial charge in [0.2, 0.25) is 5.91 Å². The Bertz CT molecular complexity index is 752. The zero-order valence-electron chi connectivity index (χ0n) is 15.4. The number of carbonyl (C=O) groups excluding carboxylic acids is 1. The smallest absolute Gasteiger partial charge is 0.241 e. The SMILES string of the molecule is CCOc1ccc(NC(=O)C(C)N2CCn3c(nc(C)c3C)C2)cc1. The van der Waals surface area contributed by atoms with Crippen molar-refractivity contribution in [3.63, 3.8) is 0 Å². The fraction of sp³-hybridized carbons (Fsp3) is 0.474. The number of anilines is 1. The van der Waals surface area contributed by atoms with E-state index in [9.17, 15) is 4.79 Å². The second-order valence-corrected chi connectivity index (χ2v) is 6.44. The molecule has 1 aliphatic heterocycles. The van der Waals surface area contributed by atoms with Gasteiger partial charge in [0.05, 0.1) is 24.9 Å². The molecular weight excluding hydrogens is 316 g/mol. The number of ether oxygens (including phenoxy) is 1. The molecule has 1 atom stereocenters. The van der Waals surface area contributed by atoms with Crippen molar-refractivity contribution in [3.05, 3.63) is 41.5 Å². The quantitative estimate of drug-likeness (QED) is 0.908. The summed E-state index contributed by atoms with van der Waals surface area (Å²) in [5, 5.41) is 2.99. The van der Waals surface area contributed by atoms with Gasteiger partial charge < -0.3 is 14.6 Å². The molecule has 1 aromatic carbocycles. The fourth-order valence-electron chi connectivity index (χ4n) is 3.17. The van der Waals surface area contributed by atoms with Gasteiger partial charge in [0.25, 0.3) is 0 Å². The fourth-order valence-corrected chi connectivity index (χ4v) is 3.17. The number of carbonyl (C=O) groups is 1. The Kier molecular flexibility index (Phi) is 5.08. The third kappa shape index (κ3) is 3.69. The number of benzene rings is 1. The zero-order valence-corrected chi connectivity index (χ0v) is 15.4. The lowest BCUT2D eigenvalue weighted by Crippen LogP contribution is -2.46. The van der Waals surface area contributed by atoms with Crippen LogP contribution in [0.2, 0.25) is 0 Å². The Morgan fingerprint density at radius 1 is 1.28 bits per heavy atom. The van der Waals surface area contributed by atoms with Gasteiger partial charge in [-0.1, -0.05) is 0 Å². The van der Waals surface area contributed by atoms with Gasteiger partial charge in [0.15, 0.2) is 0 Å². The van der Waals surface area contributed by atoms with Gasteiger partial charge in [0.1, 0.15) is 11.6 Å². The first kappa shape index (κ1) is 17.5. The minimum absolute atomic E-state index is 0.00221. The van der Waals surface area contributed by atoms with Gasteiger partial charge in [-0.3, -0.25) is 9.69 Å². The molecule has 6 nitrogen and oxygen atoms in total. The molecule has 0 saturated carbocycles. The van der Waals surface area contributed by atoms with Crippen LogP contribution in [0, 0.1) is 13.8 Å². The highest BCUT2D eigenvalue weighted by molar-refractivity contribution is 5.94. The minimum Gasteiger partial charge on any atom is -0.494 e. The van der Waals surface area contributed by atoms with Crippen molar-refractivity contribution < 1.29 is 9.53 Å². The van der Waals surface area contributed by atoms with Gasteiger partial charge in [-0.25, -0.2) is 4.98 Å². The van der Waals surface area contributed by atoms with Gasteiger partial charge in [-0.2, -0.15) is 0 Å². The van der Waals surface area contributed by atoms with Crippen molar-refractivity contribution >= 4 is 11.6 Å². The summed E-state index contributed by atoms with van der Waals surface area (Å²) in [4.78, 5) is 19.4. The highest BCUT2D eigenvalue weighted by Crippen LogP contribution is 2.20. The van der Waals surface area contributed by atoms with Crippen LogP contribution < -0.4 is 10.1 Å². The lowest BCUT2D eigenvalue weighted by molar-refractivity contribution is -0.121. The molecule has 1 amide bonds. The van der Waals surface area contributed by atoms with E-state index in [1.54, 1.807) is 0 Å². The lowest BCUT2D eigenvalue weighted by atomic mass is 10.2. The molecule has 0 saturated heterocycles. The molecular formula is C19H26N4O2. The molecule has 1 aromatic heterocycles. The minimum atomic E-state index is -0.211. The van der Waals surface area contributed by atoms with E-state index >= 15 is 0 Å². The number of nitrogens with zero attached hydrogens (tertiary/aromatic N) is 3. The maximum atomic E-state index is 12.6. The van der Waals surface area contributed by atoms with Crippen molar-refractivity contribution in [3.8, 4) is 5.75 Å². The van der Waals surface area contributed by atoms with Crippen molar-refractivity contribution in [2.45, 2.75) is 46.8 Å². The maximum absolute atomic E-state index is 12.6. The van der Waals surface area contributed by atoms with E-state index < -0.39 is 0 Å². The molecule has 2 aromatic rings. The Hall–Kier alpha value is -2.34. The van der Waals surface area contributed by atoms with Crippen LogP contribution in [0.1, 0.15) is 31.1 Å². The molecule has 0 radical (unpaired) electrons. The molecule has 0 fully saturated rings. The summed E-state index contributed by atoms with van der Waals surface area (Å²) in [6.07, 6.45) is 0. The number of nitrogens with one attached hydrogen (secondary N) is 1. The average Bonchev–Trinajstić information content (AvgIpc) is 2.90. The molecule has 2 heterocycles. The van der Waals surface area contributed by atoms with E-state index in [0.717, 1.165) is 36.0 Å². The summed E-state index contributed by atoms with van der Waals surface area (Å²) >= 11 is 0. The Morgan fingerprint density at radius 2 is 2.00 bits per heavy atom. The average molecular weight is 342 g/mol. The van der Waals surface area contributed by atoms with Crippen LogP contribution in [0.3, 0.4) is 0 Å². The first-order valence-electron chi connectivity index (χ1n) is 8.80. The Balaban J connectivity index is 1.62. The van der Waals surface area contributed by atoms with Crippen LogP contribution >= 0.6 is 0 Å². The second-order valence-electron chi connectivity index (χ2n) is 6.44. The number of fused-ring (bicyclic) bond motifs is 1. The van der Waals surface area contributed by atoms with Gasteiger partial charge in [-0.15, -0.1) is 0 Å². The topological polar surface area (TPSA) is 59.4 Å². The molecule has 3 rings (SSSR count). The number of hydrogen-bond acceptors (Lipinski definition) is 4. The summed E-state index contributed by atoms with van der Waals surface area (Å²) in [6, 6.07) is 7.26. The Labute approximate surface area is 148 Å². The summed E-state index contributed by atoms with van der Waals surface area (Å²) in [6.45, 7) is 11.1. The number of aromatic nitrogens is 2. The number of amides is 1. The van der Waals surface area contributed by atoms with Crippen LogP contribution in [-0.2, 0) is 17.9 Å². The zero-order chi connectivity index (χ0) is 18.0. The summed E-state index contributed by atoms with van der Waals surface area (Å²) in [5.74, 6) is 1.85. The number of imidazole rings is 1. The second kappa shape index (κ2) is 7.27. The van der Waals surface area contributed by atoms with Crippen LogP contribution in [-0.4, -0.2) is 39.6 Å². The van der Waals surface area contributed by atoms with Gasteiger partial charge >= 0.3 is 0 Å². The van der Waals surface area contributed by atoms with Crippen molar-refractivity contribution in [2.24, 2.45) is 0 Å². The third-order valence-corrected chi connectivity index (χ3v) is 4.85. The molecule has 134 valence electrons. The monoisotopic (exact) mass is 342 g/mol. The van der Waals surface area contributed by atoms with E-state index in [2.05, 4.69) is 26.7 Å². The molecule has 25 heavy (non-hydrogen) atoms. The van der Waals surface area contributed by atoms with E-state index in [0.29, 0.717) is 13.2 Å². The molecule has 0 bridgehead atoms. The van der Waals surface area contributed by atoms with E-state index in [1.165, 1.54) is 5.69 Å². The highest BCUT2D eigenvalue weighted by Gasteiger charge is 2.27. The van der Waals surface area contributed by atoms with Crippen LogP contribution in [0.5, 0.6) is 5.75 Å². The third-order valence-electron chi connectivity index (χ3n) is 4.85. The molecule has 0 aliphatic carbocycles. The van der Waals surface area contributed by atoms with E-state index in [4.69, 9.17) is 4.74 Å². The molecule has 1 aliphatic rings. The molecule has 6 heteroatoms. The normalized spacial score (nSPS) is 15.5. The predicted octanol–water partition coefficient (Wildman–Crippen LogP) is 2.74. The largest absolute Gasteiger partial charge is 0.494 e. The molecule has 0 spiro atoms. The molecule has 1 N–H and O–H groups in total. The summed E-state index contributed by atoms with van der Waals surface area (Å²) < 4.78 is 7.68. The number of aryl methyl sites for hydroxylation is 1. The van der Waals surface area contributed by atoms with E-state index in [1.807, 2.05) is 45.0 Å². The van der Waals surface area contributed by atoms with Crippen molar-refractivity contribution in [1.29, 1.82) is 0 Å².